The maximum atomic E-state index is 12.2. The van der Waals surface area contributed by atoms with Gasteiger partial charge in [0, 0.05) is 18.7 Å². The number of aromatic nitrogens is 1. The summed E-state index contributed by atoms with van der Waals surface area (Å²) in [6.07, 6.45) is 1.91. The van der Waals surface area contributed by atoms with Crippen molar-refractivity contribution in [2.75, 3.05) is 6.54 Å². The van der Waals surface area contributed by atoms with Crippen LogP contribution in [0.5, 0.6) is 0 Å². The van der Waals surface area contributed by atoms with Crippen molar-refractivity contribution in [3.05, 3.63) is 17.5 Å². The third kappa shape index (κ3) is 2.37. The Morgan fingerprint density at radius 3 is 2.78 bits per heavy atom. The Bertz CT molecular complexity index is 468. The van der Waals surface area contributed by atoms with Gasteiger partial charge in [-0.15, -0.1) is 0 Å². The fraction of sp³-hybridized carbons (Fsp3) is 0.583. The molecule has 1 aliphatic heterocycles. The zero-order chi connectivity index (χ0) is 13.3. The number of hydrogen-bond donors (Lipinski definition) is 1. The minimum Gasteiger partial charge on any atom is -0.475 e. The van der Waals surface area contributed by atoms with E-state index < -0.39 is 5.97 Å². The molecule has 1 aromatic rings. The van der Waals surface area contributed by atoms with Crippen LogP contribution in [0.2, 0.25) is 0 Å². The molecule has 1 saturated heterocycles. The van der Waals surface area contributed by atoms with Crippen LogP contribution in [0, 0.1) is 5.92 Å². The van der Waals surface area contributed by atoms with Crippen LogP contribution in [0.25, 0.3) is 0 Å². The van der Waals surface area contributed by atoms with Crippen LogP contribution >= 0.6 is 0 Å². The van der Waals surface area contributed by atoms with Gasteiger partial charge in [0.25, 0.3) is 5.91 Å². The molecule has 2 heterocycles. The molecule has 0 radical (unpaired) electrons. The van der Waals surface area contributed by atoms with Crippen molar-refractivity contribution in [3.63, 3.8) is 0 Å². The van der Waals surface area contributed by atoms with Gasteiger partial charge in [0.05, 0.1) is 0 Å². The lowest BCUT2D eigenvalue weighted by Crippen LogP contribution is -2.44. The lowest BCUT2D eigenvalue weighted by atomic mass is 9.93. The Morgan fingerprint density at radius 1 is 1.50 bits per heavy atom. The number of aromatic carboxylic acids is 1. The summed E-state index contributed by atoms with van der Waals surface area (Å²) in [7, 11) is 0. The van der Waals surface area contributed by atoms with Gasteiger partial charge in [-0.3, -0.25) is 4.79 Å². The zero-order valence-corrected chi connectivity index (χ0v) is 10.4. The van der Waals surface area contributed by atoms with Crippen molar-refractivity contribution in [1.82, 2.24) is 10.1 Å². The molecule has 0 spiro atoms. The lowest BCUT2D eigenvalue weighted by Gasteiger charge is -2.35. The van der Waals surface area contributed by atoms with E-state index in [0.29, 0.717) is 12.5 Å². The summed E-state index contributed by atoms with van der Waals surface area (Å²) in [5.74, 6) is -1.18. The Balaban J connectivity index is 2.13. The molecule has 1 aromatic heterocycles. The first kappa shape index (κ1) is 12.6. The first-order chi connectivity index (χ1) is 8.49. The number of likely N-dealkylation sites (tertiary alicyclic amines) is 1. The summed E-state index contributed by atoms with van der Waals surface area (Å²) in [4.78, 5) is 24.6. The molecule has 18 heavy (non-hydrogen) atoms. The smallest absolute Gasteiger partial charge is 0.374 e. The summed E-state index contributed by atoms with van der Waals surface area (Å²) in [6, 6.07) is 1.32. The summed E-state index contributed by atoms with van der Waals surface area (Å²) in [5.41, 5.74) is 0.0637. The molecule has 2 unspecified atom stereocenters. The highest BCUT2D eigenvalue weighted by Gasteiger charge is 2.29. The fourth-order valence-corrected chi connectivity index (χ4v) is 2.33. The van der Waals surface area contributed by atoms with Gasteiger partial charge in [-0.25, -0.2) is 4.79 Å². The number of carboxylic acids is 1. The number of piperidine rings is 1. The molecule has 2 rings (SSSR count). The second kappa shape index (κ2) is 4.80. The van der Waals surface area contributed by atoms with Crippen molar-refractivity contribution < 1.29 is 19.2 Å². The highest BCUT2D eigenvalue weighted by Crippen LogP contribution is 2.23. The van der Waals surface area contributed by atoms with Crippen LogP contribution < -0.4 is 0 Å². The Morgan fingerprint density at radius 2 is 2.22 bits per heavy atom. The number of carbonyl (C=O) groups is 2. The number of carbonyl (C=O) groups excluding carboxylic acids is 1. The van der Waals surface area contributed by atoms with Gasteiger partial charge >= 0.3 is 5.97 Å². The summed E-state index contributed by atoms with van der Waals surface area (Å²) < 4.78 is 4.60. The third-order valence-electron chi connectivity index (χ3n) is 3.34. The molecule has 0 saturated carbocycles. The minimum atomic E-state index is -1.22. The van der Waals surface area contributed by atoms with Gasteiger partial charge in [-0.05, 0) is 25.7 Å². The van der Waals surface area contributed by atoms with Crippen molar-refractivity contribution in [1.29, 1.82) is 0 Å². The lowest BCUT2D eigenvalue weighted by molar-refractivity contribution is 0.0573. The van der Waals surface area contributed by atoms with Crippen LogP contribution in [0.1, 0.15) is 47.7 Å². The Labute approximate surface area is 105 Å². The second-order valence-electron chi connectivity index (χ2n) is 4.86. The van der Waals surface area contributed by atoms with Crippen molar-refractivity contribution >= 4 is 11.9 Å². The van der Waals surface area contributed by atoms with E-state index in [9.17, 15) is 9.59 Å². The average Bonchev–Trinajstić information content (AvgIpc) is 2.77. The maximum absolute atomic E-state index is 12.2. The summed E-state index contributed by atoms with van der Waals surface area (Å²) >= 11 is 0. The van der Waals surface area contributed by atoms with E-state index in [1.807, 2.05) is 6.92 Å². The molecular weight excluding hydrogens is 236 g/mol. The molecule has 1 N–H and O–H groups in total. The van der Waals surface area contributed by atoms with E-state index in [0.717, 1.165) is 12.8 Å². The molecule has 1 aliphatic rings. The first-order valence-electron chi connectivity index (χ1n) is 6.00. The highest BCUT2D eigenvalue weighted by atomic mass is 16.5. The van der Waals surface area contributed by atoms with Crippen molar-refractivity contribution in [2.24, 2.45) is 5.92 Å². The molecule has 0 aliphatic carbocycles. The van der Waals surface area contributed by atoms with Crippen LogP contribution in [0.3, 0.4) is 0 Å². The van der Waals surface area contributed by atoms with E-state index in [2.05, 4.69) is 16.6 Å². The average molecular weight is 252 g/mol. The third-order valence-corrected chi connectivity index (χ3v) is 3.34. The molecule has 2 atom stereocenters. The Kier molecular flexibility index (Phi) is 3.36. The van der Waals surface area contributed by atoms with Gasteiger partial charge in [-0.2, -0.15) is 0 Å². The van der Waals surface area contributed by atoms with Crippen LogP contribution in [0.4, 0.5) is 0 Å². The van der Waals surface area contributed by atoms with E-state index in [1.165, 1.54) is 6.07 Å². The highest BCUT2D eigenvalue weighted by molar-refractivity contribution is 5.95. The first-order valence-corrected chi connectivity index (χ1v) is 6.00. The van der Waals surface area contributed by atoms with Crippen LogP contribution in [-0.2, 0) is 0 Å². The maximum Gasteiger partial charge on any atom is 0.374 e. The number of rotatable bonds is 2. The van der Waals surface area contributed by atoms with Crippen LogP contribution in [-0.4, -0.2) is 39.6 Å². The topological polar surface area (TPSA) is 83.6 Å². The molecule has 98 valence electrons. The predicted molar refractivity (Wildman–Crippen MR) is 62.4 cm³/mol. The van der Waals surface area contributed by atoms with Crippen molar-refractivity contribution in [3.8, 4) is 0 Å². The number of hydrogen-bond acceptors (Lipinski definition) is 4. The zero-order valence-electron chi connectivity index (χ0n) is 10.4. The van der Waals surface area contributed by atoms with Gasteiger partial charge in [0.1, 0.15) is 0 Å². The normalized spacial score (nSPS) is 24.0. The monoisotopic (exact) mass is 252 g/mol. The second-order valence-corrected chi connectivity index (χ2v) is 4.86. The van der Waals surface area contributed by atoms with E-state index in [4.69, 9.17) is 5.11 Å². The molecule has 1 amide bonds. The largest absolute Gasteiger partial charge is 0.475 e. The van der Waals surface area contributed by atoms with E-state index in [-0.39, 0.29) is 23.4 Å². The van der Waals surface area contributed by atoms with Crippen molar-refractivity contribution in [2.45, 2.75) is 32.7 Å². The fourth-order valence-electron chi connectivity index (χ4n) is 2.33. The quantitative estimate of drug-likeness (QED) is 0.864. The molecule has 6 heteroatoms. The van der Waals surface area contributed by atoms with Gasteiger partial charge in [-0.1, -0.05) is 12.1 Å². The molecule has 1 fully saturated rings. The molecule has 0 aromatic carbocycles. The predicted octanol–water partition coefficient (Wildman–Crippen LogP) is 1.63. The molecular formula is C12H16N2O4. The van der Waals surface area contributed by atoms with Gasteiger partial charge in [0.2, 0.25) is 5.76 Å². The van der Waals surface area contributed by atoms with Gasteiger partial charge < -0.3 is 14.5 Å². The minimum absolute atomic E-state index is 0.0637. The van der Waals surface area contributed by atoms with E-state index >= 15 is 0 Å². The molecule has 0 bridgehead atoms. The number of nitrogens with zero attached hydrogens (tertiary/aromatic N) is 2. The number of carboxylic acid groups (broad SMARTS) is 1. The summed E-state index contributed by atoms with van der Waals surface area (Å²) in [6.45, 7) is 4.83. The van der Waals surface area contributed by atoms with Gasteiger partial charge in [0.15, 0.2) is 5.69 Å². The summed E-state index contributed by atoms with van der Waals surface area (Å²) in [5, 5.41) is 12.2. The SMILES string of the molecule is CC1CCN(C(=O)c2cc(C(=O)O)on2)C(C)C1. The van der Waals surface area contributed by atoms with Crippen LogP contribution in [0.15, 0.2) is 10.6 Å². The Hall–Kier alpha value is -1.85. The molecule has 6 nitrogen and oxygen atoms in total. The number of amides is 1. The van der Waals surface area contributed by atoms with E-state index in [1.54, 1.807) is 4.90 Å². The standard InChI is InChI=1S/C12H16N2O4/c1-7-3-4-14(8(2)5-7)11(15)9-6-10(12(16)17)18-13-9/h6-8H,3-5H2,1-2H3,(H,16,17).